The van der Waals surface area contributed by atoms with Gasteiger partial charge in [-0.3, -0.25) is 9.59 Å². The number of aryl methyl sites for hydroxylation is 1. The van der Waals surface area contributed by atoms with Gasteiger partial charge in [0.2, 0.25) is 5.43 Å². The highest BCUT2D eigenvalue weighted by molar-refractivity contribution is 5.92. The normalized spacial score (nSPS) is 12.0. The molecule has 0 aliphatic carbocycles. The third-order valence-corrected chi connectivity index (χ3v) is 3.46. The minimum Gasteiger partial charge on any atom is -0.385 e. The first-order chi connectivity index (χ1) is 11.0. The second-order valence-electron chi connectivity index (χ2n) is 5.40. The Morgan fingerprint density at radius 3 is 2.70 bits per heavy atom. The highest BCUT2D eigenvalue weighted by Crippen LogP contribution is 2.08. The van der Waals surface area contributed by atoms with E-state index in [0.29, 0.717) is 18.7 Å². The summed E-state index contributed by atoms with van der Waals surface area (Å²) in [7, 11) is 1.61. The van der Waals surface area contributed by atoms with E-state index in [1.807, 2.05) is 37.3 Å². The Bertz CT molecular complexity index is 726. The number of aromatic nitrogens is 2. The first-order valence-corrected chi connectivity index (χ1v) is 7.49. The van der Waals surface area contributed by atoms with Crippen molar-refractivity contribution in [1.82, 2.24) is 15.1 Å². The predicted molar refractivity (Wildman–Crippen MR) is 88.0 cm³/mol. The van der Waals surface area contributed by atoms with E-state index in [-0.39, 0.29) is 17.2 Å². The van der Waals surface area contributed by atoms with Crippen molar-refractivity contribution in [2.24, 2.45) is 0 Å². The van der Waals surface area contributed by atoms with Crippen molar-refractivity contribution in [3.05, 3.63) is 58.0 Å². The Morgan fingerprint density at radius 1 is 1.35 bits per heavy atom. The third kappa shape index (κ3) is 4.26. The molecule has 1 amide bonds. The summed E-state index contributed by atoms with van der Waals surface area (Å²) in [4.78, 5) is 24.4. The maximum atomic E-state index is 12.3. The monoisotopic (exact) mass is 315 g/mol. The molecule has 0 aliphatic heterocycles. The van der Waals surface area contributed by atoms with Gasteiger partial charge in [0.1, 0.15) is 0 Å². The molecule has 1 unspecified atom stereocenters. The zero-order valence-corrected chi connectivity index (χ0v) is 13.6. The average molecular weight is 315 g/mol. The molecule has 1 atom stereocenters. The SMILES string of the molecule is COCCC(C)NC(=O)c1nn(-c2ccccc2)c(C)cc1=O. The molecule has 0 saturated heterocycles. The van der Waals surface area contributed by atoms with Crippen molar-refractivity contribution >= 4 is 5.91 Å². The Labute approximate surface area is 135 Å². The average Bonchev–Trinajstić information content (AvgIpc) is 2.53. The highest BCUT2D eigenvalue weighted by atomic mass is 16.5. The Balaban J connectivity index is 2.29. The molecule has 0 bridgehead atoms. The minimum atomic E-state index is -0.469. The van der Waals surface area contributed by atoms with Crippen LogP contribution in [0.1, 0.15) is 29.5 Å². The number of para-hydroxylation sites is 1. The first-order valence-electron chi connectivity index (χ1n) is 7.49. The molecule has 122 valence electrons. The van der Waals surface area contributed by atoms with Crippen LogP contribution < -0.4 is 10.7 Å². The van der Waals surface area contributed by atoms with Crippen LogP contribution >= 0.6 is 0 Å². The van der Waals surface area contributed by atoms with Gasteiger partial charge in [0.05, 0.1) is 5.69 Å². The molecule has 6 heteroatoms. The Kier molecular flexibility index (Phi) is 5.65. The second kappa shape index (κ2) is 7.69. The molecule has 6 nitrogen and oxygen atoms in total. The van der Waals surface area contributed by atoms with Crippen molar-refractivity contribution in [2.45, 2.75) is 26.3 Å². The summed E-state index contributed by atoms with van der Waals surface area (Å²) < 4.78 is 6.58. The number of hydrogen-bond acceptors (Lipinski definition) is 4. The molecule has 1 N–H and O–H groups in total. The maximum Gasteiger partial charge on any atom is 0.276 e. The van der Waals surface area contributed by atoms with Gasteiger partial charge in [0.25, 0.3) is 5.91 Å². The van der Waals surface area contributed by atoms with Gasteiger partial charge in [0.15, 0.2) is 5.69 Å². The lowest BCUT2D eigenvalue weighted by molar-refractivity contribution is 0.0921. The number of amides is 1. The minimum absolute atomic E-state index is 0.102. The van der Waals surface area contributed by atoms with Gasteiger partial charge in [0, 0.05) is 31.5 Å². The summed E-state index contributed by atoms with van der Waals surface area (Å²) in [5.74, 6) is -0.469. The zero-order valence-electron chi connectivity index (χ0n) is 13.6. The lowest BCUT2D eigenvalue weighted by Gasteiger charge is -2.14. The number of nitrogens with one attached hydrogen (secondary N) is 1. The van der Waals surface area contributed by atoms with Crippen molar-refractivity contribution in [3.8, 4) is 5.69 Å². The van der Waals surface area contributed by atoms with Crippen LogP contribution in [0.25, 0.3) is 5.69 Å². The maximum absolute atomic E-state index is 12.3. The number of carbonyl (C=O) groups is 1. The van der Waals surface area contributed by atoms with E-state index in [2.05, 4.69) is 10.4 Å². The molecule has 1 heterocycles. The first kappa shape index (κ1) is 16.9. The lowest BCUT2D eigenvalue weighted by atomic mass is 10.2. The third-order valence-electron chi connectivity index (χ3n) is 3.46. The van der Waals surface area contributed by atoms with Gasteiger partial charge in [-0.1, -0.05) is 18.2 Å². The van der Waals surface area contributed by atoms with Crippen LogP contribution in [0, 0.1) is 6.92 Å². The molecule has 0 fully saturated rings. The fourth-order valence-corrected chi connectivity index (χ4v) is 2.19. The summed E-state index contributed by atoms with van der Waals surface area (Å²) in [6, 6.07) is 10.7. The summed E-state index contributed by atoms with van der Waals surface area (Å²) >= 11 is 0. The van der Waals surface area contributed by atoms with E-state index in [9.17, 15) is 9.59 Å². The van der Waals surface area contributed by atoms with E-state index in [4.69, 9.17) is 4.74 Å². The molecular formula is C17H21N3O3. The van der Waals surface area contributed by atoms with Crippen LogP contribution in [0.5, 0.6) is 0 Å². The van der Waals surface area contributed by atoms with Gasteiger partial charge < -0.3 is 10.1 Å². The van der Waals surface area contributed by atoms with Crippen LogP contribution in [-0.4, -0.2) is 35.4 Å². The number of rotatable bonds is 6. The number of hydrogen-bond donors (Lipinski definition) is 1. The van der Waals surface area contributed by atoms with Gasteiger partial charge in [-0.05, 0) is 32.4 Å². The Hall–Kier alpha value is -2.47. The Morgan fingerprint density at radius 2 is 2.04 bits per heavy atom. The van der Waals surface area contributed by atoms with Crippen molar-refractivity contribution in [2.75, 3.05) is 13.7 Å². The molecule has 1 aromatic heterocycles. The largest absolute Gasteiger partial charge is 0.385 e. The molecule has 0 spiro atoms. The fraction of sp³-hybridized carbons (Fsp3) is 0.353. The van der Waals surface area contributed by atoms with Crippen LogP contribution in [0.2, 0.25) is 0 Å². The zero-order chi connectivity index (χ0) is 16.8. The molecule has 2 rings (SSSR count). The van der Waals surface area contributed by atoms with Crippen LogP contribution in [0.4, 0.5) is 0 Å². The predicted octanol–water partition coefficient (Wildman–Crippen LogP) is 1.70. The summed E-state index contributed by atoms with van der Waals surface area (Å²) in [5, 5.41) is 7.01. The number of carbonyl (C=O) groups excluding carboxylic acids is 1. The van der Waals surface area contributed by atoms with Gasteiger partial charge in [-0.25, -0.2) is 4.68 Å². The topological polar surface area (TPSA) is 73.2 Å². The number of methoxy groups -OCH3 is 1. The standard InChI is InChI=1S/C17H21N3O3/c1-12(9-10-23-3)18-17(22)16-15(21)11-13(2)20(19-16)14-7-5-4-6-8-14/h4-8,11-12H,9-10H2,1-3H3,(H,18,22). The number of benzene rings is 1. The molecule has 0 aliphatic rings. The van der Waals surface area contributed by atoms with Crippen molar-refractivity contribution in [3.63, 3.8) is 0 Å². The van der Waals surface area contributed by atoms with Gasteiger partial charge in [-0.15, -0.1) is 0 Å². The molecular weight excluding hydrogens is 294 g/mol. The van der Waals surface area contributed by atoms with E-state index in [0.717, 1.165) is 5.69 Å². The summed E-state index contributed by atoms with van der Waals surface area (Å²) in [5.41, 5.74) is 0.978. The summed E-state index contributed by atoms with van der Waals surface area (Å²) in [6.07, 6.45) is 0.668. The van der Waals surface area contributed by atoms with E-state index >= 15 is 0 Å². The van der Waals surface area contributed by atoms with Gasteiger partial charge in [-0.2, -0.15) is 5.10 Å². The molecule has 23 heavy (non-hydrogen) atoms. The van der Waals surface area contributed by atoms with E-state index in [1.54, 1.807) is 18.7 Å². The highest BCUT2D eigenvalue weighted by Gasteiger charge is 2.17. The molecule has 2 aromatic rings. The van der Waals surface area contributed by atoms with Gasteiger partial charge >= 0.3 is 0 Å². The quantitative estimate of drug-likeness (QED) is 0.880. The smallest absolute Gasteiger partial charge is 0.276 e. The molecule has 0 radical (unpaired) electrons. The van der Waals surface area contributed by atoms with E-state index in [1.165, 1.54) is 6.07 Å². The van der Waals surface area contributed by atoms with Crippen molar-refractivity contribution < 1.29 is 9.53 Å². The number of nitrogens with zero attached hydrogens (tertiary/aromatic N) is 2. The second-order valence-corrected chi connectivity index (χ2v) is 5.40. The molecule has 1 aromatic carbocycles. The van der Waals surface area contributed by atoms with Crippen molar-refractivity contribution in [1.29, 1.82) is 0 Å². The van der Waals surface area contributed by atoms with Crippen LogP contribution in [0.3, 0.4) is 0 Å². The fourth-order valence-electron chi connectivity index (χ4n) is 2.19. The molecule has 0 saturated carbocycles. The van der Waals surface area contributed by atoms with Crippen LogP contribution in [0.15, 0.2) is 41.2 Å². The van der Waals surface area contributed by atoms with E-state index < -0.39 is 5.91 Å². The van der Waals surface area contributed by atoms with Crippen LogP contribution in [-0.2, 0) is 4.74 Å². The summed E-state index contributed by atoms with van der Waals surface area (Å²) in [6.45, 7) is 4.18. The number of ether oxygens (including phenoxy) is 1. The lowest BCUT2D eigenvalue weighted by Crippen LogP contribution is -2.37.